The molecule has 1 N–H and O–H groups in total. The van der Waals surface area contributed by atoms with E-state index in [0.717, 1.165) is 16.7 Å². The van der Waals surface area contributed by atoms with Crippen molar-refractivity contribution >= 4 is 12.5 Å². The molecule has 0 radical (unpaired) electrons. The highest BCUT2D eigenvalue weighted by Gasteiger charge is 2.46. The lowest BCUT2D eigenvalue weighted by atomic mass is 10.1. The third-order valence-electron chi connectivity index (χ3n) is 5.03. The molecule has 0 aromatic heterocycles. The maximum atomic E-state index is 14.4. The Morgan fingerprint density at radius 2 is 1.35 bits per heavy atom. The fourth-order valence-electron chi connectivity index (χ4n) is 3.86. The molecule has 1 aliphatic heterocycles. The SMILES string of the molecule is O=P1(Cc2ccccc2)C(c2ccccc2)=C(O)CC1c1ccccc1. The third-order valence-corrected chi connectivity index (χ3v) is 8.63. The molecule has 1 heterocycles. The number of hydrogen-bond acceptors (Lipinski definition) is 2. The van der Waals surface area contributed by atoms with Crippen LogP contribution in [0.25, 0.3) is 5.31 Å². The highest BCUT2D eigenvalue weighted by Crippen LogP contribution is 2.76. The van der Waals surface area contributed by atoms with E-state index < -0.39 is 7.14 Å². The molecule has 4 rings (SSSR count). The first-order valence-corrected chi connectivity index (χ1v) is 10.8. The van der Waals surface area contributed by atoms with Crippen molar-refractivity contribution in [3.05, 3.63) is 113 Å². The minimum Gasteiger partial charge on any atom is -0.511 e. The van der Waals surface area contributed by atoms with Gasteiger partial charge in [0.15, 0.2) is 0 Å². The standard InChI is InChI=1S/C23H21O2P/c24-21-16-22(19-12-6-2-7-13-19)26(25,17-18-10-4-1-5-11-18)23(21)20-14-8-3-9-15-20/h1-15,22,24H,16-17H2. The van der Waals surface area contributed by atoms with E-state index in [4.69, 9.17) is 0 Å². The summed E-state index contributed by atoms with van der Waals surface area (Å²) in [5, 5.41) is 11.4. The second kappa shape index (κ2) is 6.97. The van der Waals surface area contributed by atoms with Crippen LogP contribution in [0.5, 0.6) is 0 Å². The van der Waals surface area contributed by atoms with Crippen LogP contribution >= 0.6 is 7.14 Å². The van der Waals surface area contributed by atoms with Crippen LogP contribution in [0.4, 0.5) is 0 Å². The number of allylic oxidation sites excluding steroid dienone is 1. The molecule has 0 bridgehead atoms. The molecular weight excluding hydrogens is 339 g/mol. The van der Waals surface area contributed by atoms with E-state index in [9.17, 15) is 9.67 Å². The summed E-state index contributed by atoms with van der Waals surface area (Å²) < 4.78 is 14.4. The monoisotopic (exact) mass is 360 g/mol. The lowest BCUT2D eigenvalue weighted by Crippen LogP contribution is -1.99. The van der Waals surface area contributed by atoms with Crippen LogP contribution in [-0.4, -0.2) is 5.11 Å². The Balaban J connectivity index is 1.84. The van der Waals surface area contributed by atoms with Gasteiger partial charge in [0.25, 0.3) is 0 Å². The van der Waals surface area contributed by atoms with Gasteiger partial charge < -0.3 is 9.67 Å². The summed E-state index contributed by atoms with van der Waals surface area (Å²) in [7, 11) is -2.88. The zero-order valence-corrected chi connectivity index (χ0v) is 15.3. The summed E-state index contributed by atoms with van der Waals surface area (Å²) in [4.78, 5) is 0. The molecule has 3 aromatic rings. The predicted molar refractivity (Wildman–Crippen MR) is 108 cm³/mol. The Bertz CT molecular complexity index is 963. The van der Waals surface area contributed by atoms with Gasteiger partial charge in [0.1, 0.15) is 12.9 Å². The number of rotatable bonds is 4. The van der Waals surface area contributed by atoms with Crippen LogP contribution in [0.1, 0.15) is 28.8 Å². The van der Waals surface area contributed by atoms with E-state index in [0.29, 0.717) is 17.9 Å². The molecule has 0 saturated carbocycles. The number of hydrogen-bond donors (Lipinski definition) is 1. The quantitative estimate of drug-likeness (QED) is 0.531. The molecule has 0 saturated heterocycles. The summed E-state index contributed by atoms with van der Waals surface area (Å²) in [6.07, 6.45) is 0.889. The fourth-order valence-corrected chi connectivity index (χ4v) is 7.54. The Morgan fingerprint density at radius 3 is 1.96 bits per heavy atom. The third kappa shape index (κ3) is 3.02. The number of aliphatic hydroxyl groups excluding tert-OH is 1. The highest BCUT2D eigenvalue weighted by molar-refractivity contribution is 7.74. The van der Waals surface area contributed by atoms with Gasteiger partial charge in [0.05, 0.1) is 5.31 Å². The molecule has 0 amide bonds. The maximum absolute atomic E-state index is 14.4. The maximum Gasteiger partial charge on any atom is 0.131 e. The zero-order valence-electron chi connectivity index (χ0n) is 14.5. The van der Waals surface area contributed by atoms with Crippen LogP contribution in [0, 0.1) is 0 Å². The van der Waals surface area contributed by atoms with Crippen LogP contribution in [0.2, 0.25) is 0 Å². The van der Waals surface area contributed by atoms with Crippen molar-refractivity contribution in [1.82, 2.24) is 0 Å². The molecule has 2 unspecified atom stereocenters. The van der Waals surface area contributed by atoms with Gasteiger partial charge >= 0.3 is 0 Å². The lowest BCUT2D eigenvalue weighted by Gasteiger charge is -2.24. The van der Waals surface area contributed by atoms with Crippen LogP contribution in [0.15, 0.2) is 96.8 Å². The van der Waals surface area contributed by atoms with Crippen molar-refractivity contribution < 1.29 is 9.67 Å². The molecule has 0 aliphatic carbocycles. The first kappa shape index (κ1) is 16.9. The van der Waals surface area contributed by atoms with Gasteiger partial charge in [0.2, 0.25) is 0 Å². The van der Waals surface area contributed by atoms with Crippen molar-refractivity contribution in [2.75, 3.05) is 0 Å². The Kier molecular flexibility index (Phi) is 4.53. The van der Waals surface area contributed by atoms with Crippen LogP contribution in [-0.2, 0) is 10.7 Å². The van der Waals surface area contributed by atoms with E-state index in [-0.39, 0.29) is 11.4 Å². The van der Waals surface area contributed by atoms with Crippen molar-refractivity contribution in [2.24, 2.45) is 0 Å². The van der Waals surface area contributed by atoms with Gasteiger partial charge in [-0.25, -0.2) is 0 Å². The summed E-state index contributed by atoms with van der Waals surface area (Å²) in [6.45, 7) is 0. The van der Waals surface area contributed by atoms with E-state index in [2.05, 4.69) is 0 Å². The van der Waals surface area contributed by atoms with Crippen molar-refractivity contribution in [1.29, 1.82) is 0 Å². The van der Waals surface area contributed by atoms with Gasteiger partial charge in [-0.05, 0) is 16.7 Å². The Labute approximate surface area is 154 Å². The van der Waals surface area contributed by atoms with Crippen LogP contribution < -0.4 is 0 Å². The number of benzene rings is 3. The van der Waals surface area contributed by atoms with Crippen LogP contribution in [0.3, 0.4) is 0 Å². The Morgan fingerprint density at radius 1 is 0.808 bits per heavy atom. The van der Waals surface area contributed by atoms with E-state index in [1.54, 1.807) is 0 Å². The average Bonchev–Trinajstić information content (AvgIpc) is 2.94. The van der Waals surface area contributed by atoms with Gasteiger partial charge in [-0.1, -0.05) is 91.0 Å². The molecule has 1 aliphatic rings. The molecule has 130 valence electrons. The summed E-state index contributed by atoms with van der Waals surface area (Å²) in [5.41, 5.74) is 2.76. The summed E-state index contributed by atoms with van der Waals surface area (Å²) >= 11 is 0. The molecule has 3 aromatic carbocycles. The molecule has 2 nitrogen and oxygen atoms in total. The molecule has 3 heteroatoms. The van der Waals surface area contributed by atoms with E-state index in [1.807, 2.05) is 91.0 Å². The molecule has 0 spiro atoms. The predicted octanol–water partition coefficient (Wildman–Crippen LogP) is 6.62. The number of aliphatic hydroxyl groups is 1. The molecule has 26 heavy (non-hydrogen) atoms. The van der Waals surface area contributed by atoms with Crippen molar-refractivity contribution in [3.8, 4) is 0 Å². The molecule has 2 atom stereocenters. The topological polar surface area (TPSA) is 37.3 Å². The molecule has 0 fully saturated rings. The van der Waals surface area contributed by atoms with E-state index >= 15 is 0 Å². The summed E-state index contributed by atoms with van der Waals surface area (Å²) in [5.74, 6) is 0.268. The second-order valence-corrected chi connectivity index (χ2v) is 9.71. The normalized spacial score (nSPS) is 22.5. The minimum atomic E-state index is -2.88. The zero-order chi connectivity index (χ0) is 18.0. The van der Waals surface area contributed by atoms with E-state index in [1.165, 1.54) is 0 Å². The Hall–Kier alpha value is -2.57. The molecular formula is C23H21O2P. The minimum absolute atomic E-state index is 0.181. The first-order chi connectivity index (χ1) is 12.7. The summed E-state index contributed by atoms with van der Waals surface area (Å²) in [6, 6.07) is 29.6. The van der Waals surface area contributed by atoms with Gasteiger partial charge in [-0.15, -0.1) is 0 Å². The highest BCUT2D eigenvalue weighted by atomic mass is 31.2. The van der Waals surface area contributed by atoms with Crippen molar-refractivity contribution in [3.63, 3.8) is 0 Å². The van der Waals surface area contributed by atoms with Gasteiger partial charge in [-0.2, -0.15) is 0 Å². The largest absolute Gasteiger partial charge is 0.511 e. The second-order valence-electron chi connectivity index (χ2n) is 6.73. The average molecular weight is 360 g/mol. The van der Waals surface area contributed by atoms with Gasteiger partial charge in [0, 0.05) is 18.2 Å². The van der Waals surface area contributed by atoms with Gasteiger partial charge in [-0.3, -0.25) is 0 Å². The first-order valence-electron chi connectivity index (χ1n) is 8.84. The smallest absolute Gasteiger partial charge is 0.131 e. The lowest BCUT2D eigenvalue weighted by molar-refractivity contribution is 0.394. The fraction of sp³-hybridized carbons (Fsp3) is 0.130. The van der Waals surface area contributed by atoms with Crippen molar-refractivity contribution in [2.45, 2.75) is 18.2 Å².